The third-order valence-electron chi connectivity index (χ3n) is 2.44. The Balaban J connectivity index is -0.000000180. The molecule has 16 heavy (non-hydrogen) atoms. The van der Waals surface area contributed by atoms with E-state index in [1.165, 1.54) is 0 Å². The second kappa shape index (κ2) is 12.5. The topological polar surface area (TPSA) is 23.6 Å². The van der Waals surface area contributed by atoms with Gasteiger partial charge in [-0.2, -0.15) is 0 Å². The third-order valence-corrected chi connectivity index (χ3v) is 2.44. The molecule has 3 nitrogen and oxygen atoms in total. The predicted molar refractivity (Wildman–Crippen MR) is 75.7 cm³/mol. The minimum Gasteiger partial charge on any atom is -0.330 e. The lowest BCUT2D eigenvalue weighted by atomic mass is 10.4. The highest BCUT2D eigenvalue weighted by atomic mass is 16.2. The van der Waals surface area contributed by atoms with Gasteiger partial charge in [-0.25, -0.2) is 0 Å². The molecule has 0 aromatic heterocycles. The lowest BCUT2D eigenvalue weighted by Crippen LogP contribution is -2.38. The van der Waals surface area contributed by atoms with Crippen molar-refractivity contribution in [3.05, 3.63) is 0 Å². The van der Waals surface area contributed by atoms with Crippen molar-refractivity contribution in [2.75, 3.05) is 26.3 Å². The van der Waals surface area contributed by atoms with Crippen LogP contribution in [0.2, 0.25) is 0 Å². The number of likely N-dealkylation sites (tertiary alicyclic amines) is 1. The number of amides is 1. The van der Waals surface area contributed by atoms with Crippen LogP contribution in [0.3, 0.4) is 0 Å². The lowest BCUT2D eigenvalue weighted by Gasteiger charge is -2.25. The molecule has 0 N–H and O–H groups in total. The van der Waals surface area contributed by atoms with Crippen molar-refractivity contribution in [1.29, 1.82) is 0 Å². The zero-order chi connectivity index (χ0) is 8.97. The monoisotopic (exact) mass is 234 g/mol. The van der Waals surface area contributed by atoms with Gasteiger partial charge in [-0.1, -0.05) is 43.6 Å². The van der Waals surface area contributed by atoms with Crippen molar-refractivity contribution in [2.24, 2.45) is 0 Å². The highest BCUT2D eigenvalue weighted by molar-refractivity contribution is 5.77. The molecule has 0 atom stereocenters. The van der Waals surface area contributed by atoms with Gasteiger partial charge in [0.2, 0.25) is 5.91 Å². The quantitative estimate of drug-likeness (QED) is 0.744. The summed E-state index contributed by atoms with van der Waals surface area (Å²) in [6.45, 7) is 8.09. The molecule has 1 aliphatic heterocycles. The van der Waals surface area contributed by atoms with Crippen molar-refractivity contribution < 1.29 is 4.79 Å². The molecule has 0 radical (unpaired) electrons. The molecule has 1 heterocycles. The molecule has 0 spiro atoms. The summed E-state index contributed by atoms with van der Waals surface area (Å²) >= 11 is 0. The number of hydrogen-bond acceptors (Lipinski definition) is 2. The molecule has 1 rings (SSSR count). The Labute approximate surface area is 104 Å². The Hall–Kier alpha value is -0.570. The van der Waals surface area contributed by atoms with Crippen molar-refractivity contribution >= 4 is 5.91 Å². The van der Waals surface area contributed by atoms with Gasteiger partial charge < -0.3 is 4.90 Å². The standard InChI is InChI=1S/C9H18N2O.4CH4/c1-3-10(4-2)8-11-7-5-6-9(11)12;;;;/h3-8H2,1-2H3;4*1H4. The van der Waals surface area contributed by atoms with E-state index in [0.717, 1.165) is 39.1 Å². The number of rotatable bonds is 4. The first-order chi connectivity index (χ1) is 5.77. The normalized spacial score (nSPS) is 13.4. The SMILES string of the molecule is C.C.C.C.CCN(CC)CN1CCCC1=O. The molecule has 1 aliphatic rings. The van der Waals surface area contributed by atoms with Crippen LogP contribution < -0.4 is 0 Å². The van der Waals surface area contributed by atoms with E-state index < -0.39 is 0 Å². The van der Waals surface area contributed by atoms with E-state index in [0.29, 0.717) is 5.91 Å². The molecule has 0 aliphatic carbocycles. The van der Waals surface area contributed by atoms with Crippen molar-refractivity contribution in [3.63, 3.8) is 0 Å². The Morgan fingerprint density at radius 2 is 1.62 bits per heavy atom. The van der Waals surface area contributed by atoms with Gasteiger partial charge in [-0.05, 0) is 19.5 Å². The first-order valence-corrected chi connectivity index (χ1v) is 4.78. The second-order valence-corrected chi connectivity index (χ2v) is 3.21. The Kier molecular flexibility index (Phi) is 19.2. The predicted octanol–water partition coefficient (Wildman–Crippen LogP) is 3.45. The average molecular weight is 234 g/mol. The van der Waals surface area contributed by atoms with Gasteiger partial charge in [-0.15, -0.1) is 0 Å². The molecule has 0 aromatic carbocycles. The maximum absolute atomic E-state index is 11.2. The van der Waals surface area contributed by atoms with E-state index in [-0.39, 0.29) is 29.7 Å². The lowest BCUT2D eigenvalue weighted by molar-refractivity contribution is -0.129. The Morgan fingerprint density at radius 1 is 1.12 bits per heavy atom. The van der Waals surface area contributed by atoms with Crippen LogP contribution in [0.5, 0.6) is 0 Å². The van der Waals surface area contributed by atoms with Crippen LogP contribution in [0.1, 0.15) is 56.4 Å². The molecule has 1 saturated heterocycles. The molecule has 1 fully saturated rings. The third kappa shape index (κ3) is 6.83. The number of hydrogen-bond donors (Lipinski definition) is 0. The summed E-state index contributed by atoms with van der Waals surface area (Å²) in [5.41, 5.74) is 0. The zero-order valence-electron chi connectivity index (χ0n) is 8.05. The first kappa shape index (κ1) is 24.6. The van der Waals surface area contributed by atoms with Gasteiger partial charge in [0.05, 0.1) is 6.67 Å². The summed E-state index contributed by atoms with van der Waals surface area (Å²) in [4.78, 5) is 15.5. The molecular formula is C13H34N2O. The van der Waals surface area contributed by atoms with Gasteiger partial charge in [0.15, 0.2) is 0 Å². The van der Waals surface area contributed by atoms with E-state index in [1.807, 2.05) is 4.90 Å². The van der Waals surface area contributed by atoms with E-state index in [1.54, 1.807) is 0 Å². The molecule has 0 unspecified atom stereocenters. The van der Waals surface area contributed by atoms with E-state index in [9.17, 15) is 4.79 Å². The Morgan fingerprint density at radius 3 is 1.94 bits per heavy atom. The fraction of sp³-hybridized carbons (Fsp3) is 0.923. The van der Waals surface area contributed by atoms with E-state index >= 15 is 0 Å². The molecule has 0 aromatic rings. The molecule has 1 amide bonds. The zero-order valence-corrected chi connectivity index (χ0v) is 8.05. The summed E-state index contributed by atoms with van der Waals surface area (Å²) in [5.74, 6) is 0.321. The van der Waals surface area contributed by atoms with Gasteiger partial charge >= 0.3 is 0 Å². The highest BCUT2D eigenvalue weighted by Crippen LogP contribution is 2.09. The molecule has 0 saturated carbocycles. The van der Waals surface area contributed by atoms with E-state index in [4.69, 9.17) is 0 Å². The molecule has 3 heteroatoms. The summed E-state index contributed by atoms with van der Waals surface area (Å²) in [6, 6.07) is 0. The van der Waals surface area contributed by atoms with Crippen molar-refractivity contribution in [1.82, 2.24) is 9.80 Å². The minimum atomic E-state index is 0. The smallest absolute Gasteiger partial charge is 0.223 e. The van der Waals surface area contributed by atoms with Crippen LogP contribution in [0, 0.1) is 0 Å². The van der Waals surface area contributed by atoms with E-state index in [2.05, 4.69) is 18.7 Å². The van der Waals surface area contributed by atoms with Crippen LogP contribution >= 0.6 is 0 Å². The molecule has 102 valence electrons. The Bertz CT molecular complexity index is 156. The fourth-order valence-electron chi connectivity index (χ4n) is 1.52. The molecule has 0 bridgehead atoms. The highest BCUT2D eigenvalue weighted by Gasteiger charge is 2.20. The second-order valence-electron chi connectivity index (χ2n) is 3.21. The van der Waals surface area contributed by atoms with Crippen LogP contribution in [0.25, 0.3) is 0 Å². The van der Waals surface area contributed by atoms with Crippen LogP contribution in [-0.4, -0.2) is 42.0 Å². The van der Waals surface area contributed by atoms with Gasteiger partial charge in [-0.3, -0.25) is 9.69 Å². The summed E-state index contributed by atoms with van der Waals surface area (Å²) in [7, 11) is 0. The van der Waals surface area contributed by atoms with Crippen LogP contribution in [-0.2, 0) is 4.79 Å². The maximum atomic E-state index is 11.2. The number of carbonyl (C=O) groups excluding carboxylic acids is 1. The first-order valence-electron chi connectivity index (χ1n) is 4.78. The van der Waals surface area contributed by atoms with Crippen LogP contribution in [0.4, 0.5) is 0 Å². The van der Waals surface area contributed by atoms with Gasteiger partial charge in [0.1, 0.15) is 0 Å². The largest absolute Gasteiger partial charge is 0.330 e. The van der Waals surface area contributed by atoms with Crippen LogP contribution in [0.15, 0.2) is 0 Å². The number of carbonyl (C=O) groups is 1. The van der Waals surface area contributed by atoms with Crippen molar-refractivity contribution in [3.8, 4) is 0 Å². The summed E-state index contributed by atoms with van der Waals surface area (Å²) in [6.07, 6.45) is 1.79. The summed E-state index contributed by atoms with van der Waals surface area (Å²) in [5, 5.41) is 0. The molecular weight excluding hydrogens is 200 g/mol. The van der Waals surface area contributed by atoms with Gasteiger partial charge in [0, 0.05) is 13.0 Å². The van der Waals surface area contributed by atoms with Gasteiger partial charge in [0.25, 0.3) is 0 Å². The number of nitrogens with zero attached hydrogens (tertiary/aromatic N) is 2. The minimum absolute atomic E-state index is 0. The summed E-state index contributed by atoms with van der Waals surface area (Å²) < 4.78 is 0. The average Bonchev–Trinajstić information content (AvgIpc) is 2.47. The maximum Gasteiger partial charge on any atom is 0.223 e. The fourth-order valence-corrected chi connectivity index (χ4v) is 1.52. The van der Waals surface area contributed by atoms with Crippen molar-refractivity contribution in [2.45, 2.75) is 56.4 Å².